The molecule has 1 aromatic carbocycles. The lowest BCUT2D eigenvalue weighted by Gasteiger charge is -1.90. The van der Waals surface area contributed by atoms with Crippen molar-refractivity contribution in [3.8, 4) is 17.5 Å². The molecule has 0 amide bonds. The van der Waals surface area contributed by atoms with Gasteiger partial charge in [0.2, 0.25) is 0 Å². The zero-order valence-corrected chi connectivity index (χ0v) is 12.9. The van der Waals surface area contributed by atoms with Crippen LogP contribution in [0.25, 0.3) is 22.4 Å². The van der Waals surface area contributed by atoms with E-state index in [0.29, 0.717) is 11.1 Å². The Morgan fingerprint density at radius 3 is 2.83 bits per heavy atom. The summed E-state index contributed by atoms with van der Waals surface area (Å²) in [6, 6.07) is 9.69. The van der Waals surface area contributed by atoms with Gasteiger partial charge in [-0.1, -0.05) is 6.07 Å². The van der Waals surface area contributed by atoms with Crippen molar-refractivity contribution in [1.29, 1.82) is 5.26 Å². The number of hydrogen-bond acceptors (Lipinski definition) is 3. The summed E-state index contributed by atoms with van der Waals surface area (Å²) in [5.41, 5.74) is 3.16. The molecule has 0 radical (unpaired) electrons. The molecule has 0 aliphatic carbocycles. The van der Waals surface area contributed by atoms with E-state index < -0.39 is 0 Å². The molecule has 0 aliphatic rings. The van der Waals surface area contributed by atoms with Gasteiger partial charge in [-0.2, -0.15) is 5.26 Å². The minimum Gasteiger partial charge on any atom is -0.338 e. The molecule has 6 heteroatoms. The highest BCUT2D eigenvalue weighted by Gasteiger charge is 2.13. The van der Waals surface area contributed by atoms with Crippen LogP contribution in [0.4, 0.5) is 0 Å². The van der Waals surface area contributed by atoms with Gasteiger partial charge in [-0.15, -0.1) is 11.3 Å². The highest BCUT2D eigenvalue weighted by Crippen LogP contribution is 2.38. The van der Waals surface area contributed by atoms with Crippen LogP contribution in [-0.4, -0.2) is 9.97 Å². The van der Waals surface area contributed by atoms with Crippen molar-refractivity contribution < 1.29 is 0 Å². The van der Waals surface area contributed by atoms with E-state index in [1.165, 1.54) is 0 Å². The smallest absolute Gasteiger partial charge is 0.140 e. The van der Waals surface area contributed by atoms with Crippen LogP contribution < -0.4 is 0 Å². The number of imidazole rings is 1. The number of H-pyrrole nitrogens is 1. The van der Waals surface area contributed by atoms with E-state index in [4.69, 9.17) is 5.26 Å². The van der Waals surface area contributed by atoms with Gasteiger partial charge in [-0.25, -0.2) is 4.98 Å². The summed E-state index contributed by atoms with van der Waals surface area (Å²) < 4.78 is 2.04. The number of aromatic nitrogens is 2. The Morgan fingerprint density at radius 2 is 2.17 bits per heavy atom. The monoisotopic (exact) mass is 381 g/mol. The molecule has 2 heterocycles. The zero-order chi connectivity index (χ0) is 12.7. The average molecular weight is 383 g/mol. The Balaban J connectivity index is 2.26. The Hall–Kier alpha value is -1.16. The molecule has 0 saturated carbocycles. The molecule has 0 saturated heterocycles. The SMILES string of the molecule is N#Cc1cccc2[nH]c(-c3cc(Br)sc3Br)nc12. The lowest BCUT2D eigenvalue weighted by molar-refractivity contribution is 1.34. The molecule has 3 rings (SSSR count). The summed E-state index contributed by atoms with van der Waals surface area (Å²) in [6.45, 7) is 0. The second-order valence-electron chi connectivity index (χ2n) is 3.64. The van der Waals surface area contributed by atoms with Gasteiger partial charge in [0, 0.05) is 5.56 Å². The number of halogens is 2. The van der Waals surface area contributed by atoms with Gasteiger partial charge in [0.1, 0.15) is 17.4 Å². The van der Waals surface area contributed by atoms with Gasteiger partial charge < -0.3 is 4.98 Å². The van der Waals surface area contributed by atoms with Gasteiger partial charge in [0.05, 0.1) is 18.7 Å². The lowest BCUT2D eigenvalue weighted by Crippen LogP contribution is -1.78. The normalized spacial score (nSPS) is 10.7. The van der Waals surface area contributed by atoms with E-state index in [9.17, 15) is 0 Å². The second kappa shape index (κ2) is 4.50. The summed E-state index contributed by atoms with van der Waals surface area (Å²) in [5.74, 6) is 0.765. The van der Waals surface area contributed by atoms with Crippen LogP contribution in [0.2, 0.25) is 0 Å². The number of para-hydroxylation sites is 1. The number of nitriles is 1. The minimum absolute atomic E-state index is 0.584. The van der Waals surface area contributed by atoms with Gasteiger partial charge in [0.25, 0.3) is 0 Å². The van der Waals surface area contributed by atoms with E-state index in [2.05, 4.69) is 47.9 Å². The lowest BCUT2D eigenvalue weighted by atomic mass is 10.2. The maximum atomic E-state index is 9.06. The summed E-state index contributed by atoms with van der Waals surface area (Å²) in [4.78, 5) is 7.74. The van der Waals surface area contributed by atoms with E-state index in [1.807, 2.05) is 18.2 Å². The number of fused-ring (bicyclic) bond motifs is 1. The summed E-state index contributed by atoms with van der Waals surface area (Å²) in [7, 11) is 0. The largest absolute Gasteiger partial charge is 0.338 e. The van der Waals surface area contributed by atoms with Crippen molar-refractivity contribution >= 4 is 54.2 Å². The first-order valence-electron chi connectivity index (χ1n) is 5.03. The number of aromatic amines is 1. The predicted molar refractivity (Wildman–Crippen MR) is 79.5 cm³/mol. The van der Waals surface area contributed by atoms with Crippen LogP contribution in [0.3, 0.4) is 0 Å². The maximum Gasteiger partial charge on any atom is 0.140 e. The fourth-order valence-corrected chi connectivity index (χ4v) is 4.56. The van der Waals surface area contributed by atoms with E-state index >= 15 is 0 Å². The Bertz CT molecular complexity index is 782. The number of rotatable bonds is 1. The van der Waals surface area contributed by atoms with Crippen molar-refractivity contribution in [2.45, 2.75) is 0 Å². The molecule has 0 atom stereocenters. The Kier molecular flexibility index (Phi) is 2.98. The number of nitrogens with zero attached hydrogens (tertiary/aromatic N) is 2. The van der Waals surface area contributed by atoms with Crippen molar-refractivity contribution in [3.05, 3.63) is 37.4 Å². The van der Waals surface area contributed by atoms with Crippen LogP contribution in [0.5, 0.6) is 0 Å². The summed E-state index contributed by atoms with van der Waals surface area (Å²) in [6.07, 6.45) is 0. The number of thiophene rings is 1. The van der Waals surface area contributed by atoms with Crippen LogP contribution >= 0.6 is 43.2 Å². The van der Waals surface area contributed by atoms with Crippen molar-refractivity contribution in [2.75, 3.05) is 0 Å². The van der Waals surface area contributed by atoms with Crippen LogP contribution in [0.1, 0.15) is 5.56 Å². The van der Waals surface area contributed by atoms with Crippen LogP contribution in [0, 0.1) is 11.3 Å². The van der Waals surface area contributed by atoms with Gasteiger partial charge >= 0.3 is 0 Å². The molecule has 18 heavy (non-hydrogen) atoms. The first-order valence-corrected chi connectivity index (χ1v) is 7.43. The third kappa shape index (κ3) is 1.88. The van der Waals surface area contributed by atoms with Crippen LogP contribution in [0.15, 0.2) is 31.8 Å². The minimum atomic E-state index is 0.584. The Morgan fingerprint density at radius 1 is 1.33 bits per heavy atom. The average Bonchev–Trinajstić information content (AvgIpc) is 2.91. The quantitative estimate of drug-likeness (QED) is 0.663. The molecular formula is C12H5Br2N3S. The zero-order valence-electron chi connectivity index (χ0n) is 8.87. The van der Waals surface area contributed by atoms with E-state index in [0.717, 1.165) is 24.5 Å². The molecule has 0 unspecified atom stereocenters. The van der Waals surface area contributed by atoms with Gasteiger partial charge in [-0.05, 0) is 50.1 Å². The third-order valence-corrected chi connectivity index (χ3v) is 4.88. The van der Waals surface area contributed by atoms with Crippen molar-refractivity contribution in [1.82, 2.24) is 9.97 Å². The molecule has 0 spiro atoms. The number of benzene rings is 1. The fraction of sp³-hybridized carbons (Fsp3) is 0. The van der Waals surface area contributed by atoms with E-state index in [1.54, 1.807) is 17.4 Å². The van der Waals surface area contributed by atoms with Gasteiger partial charge in [-0.3, -0.25) is 0 Å². The van der Waals surface area contributed by atoms with Crippen molar-refractivity contribution in [2.24, 2.45) is 0 Å². The molecule has 3 nitrogen and oxygen atoms in total. The summed E-state index contributed by atoms with van der Waals surface area (Å²) >= 11 is 8.55. The highest BCUT2D eigenvalue weighted by molar-refractivity contribution is 9.12. The fourth-order valence-electron chi connectivity index (χ4n) is 1.75. The number of hydrogen-bond donors (Lipinski definition) is 1. The molecule has 1 N–H and O–H groups in total. The molecular weight excluding hydrogens is 378 g/mol. The predicted octanol–water partition coefficient (Wildman–Crippen LogP) is 4.69. The molecule has 2 aromatic heterocycles. The first kappa shape index (κ1) is 11.9. The second-order valence-corrected chi connectivity index (χ2v) is 7.39. The number of nitrogens with one attached hydrogen (secondary N) is 1. The van der Waals surface area contributed by atoms with Gasteiger partial charge in [0.15, 0.2) is 0 Å². The molecule has 88 valence electrons. The molecule has 0 fully saturated rings. The van der Waals surface area contributed by atoms with Crippen molar-refractivity contribution in [3.63, 3.8) is 0 Å². The third-order valence-electron chi connectivity index (χ3n) is 2.54. The molecule has 0 aliphatic heterocycles. The first-order chi connectivity index (χ1) is 8.69. The topological polar surface area (TPSA) is 52.5 Å². The standard InChI is InChI=1S/C12H5Br2N3S/c13-9-4-7(11(14)18-9)12-16-8-3-1-2-6(5-15)10(8)17-12/h1-4H,(H,16,17). The highest BCUT2D eigenvalue weighted by atomic mass is 79.9. The Labute approximate surface area is 124 Å². The molecule has 3 aromatic rings. The molecule has 0 bridgehead atoms. The maximum absolute atomic E-state index is 9.06. The van der Waals surface area contributed by atoms with E-state index in [-0.39, 0.29) is 0 Å². The summed E-state index contributed by atoms with van der Waals surface area (Å²) in [5, 5.41) is 9.06. The van der Waals surface area contributed by atoms with Crippen LogP contribution in [-0.2, 0) is 0 Å².